The highest BCUT2D eigenvalue weighted by Crippen LogP contribution is 2.49. The molecule has 0 bridgehead atoms. The Labute approximate surface area is 205 Å². The molecular formula is C26H28N2O6S. The third-order valence-electron chi connectivity index (χ3n) is 5.90. The number of sulfonamides is 1. The first-order valence-electron chi connectivity index (χ1n) is 11.0. The molecule has 0 fully saturated rings. The minimum atomic E-state index is -3.72. The maximum absolute atomic E-state index is 13.0. The number of hydrogen-bond donors (Lipinski definition) is 1. The van der Waals surface area contributed by atoms with Crippen LogP contribution >= 0.6 is 0 Å². The van der Waals surface area contributed by atoms with Gasteiger partial charge in [0.1, 0.15) is 17.6 Å². The average molecular weight is 497 g/mol. The Morgan fingerprint density at radius 1 is 1.09 bits per heavy atom. The molecule has 1 amide bonds. The van der Waals surface area contributed by atoms with Crippen LogP contribution in [0.3, 0.4) is 0 Å². The van der Waals surface area contributed by atoms with Crippen molar-refractivity contribution in [2.75, 3.05) is 34.4 Å². The van der Waals surface area contributed by atoms with Gasteiger partial charge < -0.3 is 19.1 Å². The van der Waals surface area contributed by atoms with Crippen LogP contribution in [0.4, 0.5) is 0 Å². The molecule has 1 atom stereocenters. The highest BCUT2D eigenvalue weighted by atomic mass is 32.2. The van der Waals surface area contributed by atoms with E-state index in [1.807, 2.05) is 36.4 Å². The van der Waals surface area contributed by atoms with Crippen LogP contribution in [-0.2, 0) is 20.5 Å². The van der Waals surface area contributed by atoms with Crippen LogP contribution in [0.1, 0.15) is 33.2 Å². The summed E-state index contributed by atoms with van der Waals surface area (Å²) in [5.74, 6) is 0.847. The molecule has 9 heteroatoms. The topological polar surface area (TPSA) is 108 Å². The monoisotopic (exact) mass is 496 g/mol. The zero-order valence-corrected chi connectivity index (χ0v) is 20.7. The Morgan fingerprint density at radius 3 is 2.57 bits per heavy atom. The Balaban J connectivity index is 1.81. The first-order valence-corrected chi connectivity index (χ1v) is 12.7. The fourth-order valence-electron chi connectivity index (χ4n) is 4.25. The quantitative estimate of drug-likeness (QED) is 0.512. The van der Waals surface area contributed by atoms with Crippen molar-refractivity contribution < 1.29 is 27.4 Å². The third-order valence-corrected chi connectivity index (χ3v) is 6.64. The molecule has 0 saturated carbocycles. The molecule has 1 heterocycles. The van der Waals surface area contributed by atoms with Crippen molar-refractivity contribution in [3.8, 4) is 22.6 Å². The molecule has 35 heavy (non-hydrogen) atoms. The van der Waals surface area contributed by atoms with E-state index in [0.717, 1.165) is 22.3 Å². The number of rotatable bonds is 8. The number of carbonyl (C=O) groups excluding carboxylic acids is 1. The Bertz CT molecular complexity index is 1360. The van der Waals surface area contributed by atoms with E-state index < -0.39 is 16.1 Å². The zero-order chi connectivity index (χ0) is 25.2. The molecule has 3 aromatic carbocycles. The molecule has 0 spiro atoms. The van der Waals surface area contributed by atoms with Gasteiger partial charge in [-0.3, -0.25) is 4.79 Å². The van der Waals surface area contributed by atoms with Crippen molar-refractivity contribution in [2.24, 2.45) is 5.14 Å². The van der Waals surface area contributed by atoms with Gasteiger partial charge in [-0.2, -0.15) is 0 Å². The Hall–Kier alpha value is -3.40. The summed E-state index contributed by atoms with van der Waals surface area (Å²) in [7, 11) is 1.18. The SMILES string of the molecule is COCCN(C)C(=O)c1cccc(C2Oc3cccc(OC)c3-c3ccc(CS(N)(=O)=O)cc32)c1. The van der Waals surface area contributed by atoms with Gasteiger partial charge in [0, 0.05) is 31.8 Å². The second-order valence-corrected chi connectivity index (χ2v) is 10.0. The molecule has 184 valence electrons. The summed E-state index contributed by atoms with van der Waals surface area (Å²) in [6.45, 7) is 0.902. The predicted octanol–water partition coefficient (Wildman–Crippen LogP) is 3.35. The van der Waals surface area contributed by atoms with Crippen LogP contribution in [0, 0.1) is 0 Å². The zero-order valence-electron chi connectivity index (χ0n) is 19.9. The summed E-state index contributed by atoms with van der Waals surface area (Å²) in [6, 6.07) is 18.2. The van der Waals surface area contributed by atoms with Gasteiger partial charge in [0.15, 0.2) is 0 Å². The van der Waals surface area contributed by atoms with Gasteiger partial charge in [-0.25, -0.2) is 13.6 Å². The lowest BCUT2D eigenvalue weighted by molar-refractivity contribution is 0.0744. The Kier molecular flexibility index (Phi) is 7.11. The number of carbonyl (C=O) groups is 1. The van der Waals surface area contributed by atoms with Crippen molar-refractivity contribution in [1.82, 2.24) is 4.90 Å². The second-order valence-electron chi connectivity index (χ2n) is 8.41. The van der Waals surface area contributed by atoms with Crippen molar-refractivity contribution in [3.05, 3.63) is 82.9 Å². The van der Waals surface area contributed by atoms with Crippen LogP contribution in [0.2, 0.25) is 0 Å². The number of fused-ring (bicyclic) bond motifs is 3. The van der Waals surface area contributed by atoms with E-state index in [9.17, 15) is 13.2 Å². The Morgan fingerprint density at radius 2 is 1.86 bits per heavy atom. The molecule has 1 aliphatic heterocycles. The van der Waals surface area contributed by atoms with E-state index in [4.69, 9.17) is 19.3 Å². The number of methoxy groups -OCH3 is 2. The van der Waals surface area contributed by atoms with Crippen LogP contribution in [0.15, 0.2) is 60.7 Å². The molecule has 0 radical (unpaired) electrons. The van der Waals surface area contributed by atoms with Gasteiger partial charge in [0.05, 0.1) is 25.0 Å². The predicted molar refractivity (Wildman–Crippen MR) is 133 cm³/mol. The summed E-state index contributed by atoms with van der Waals surface area (Å²) < 4.78 is 40.6. The number of nitrogens with zero attached hydrogens (tertiary/aromatic N) is 1. The minimum absolute atomic E-state index is 0.134. The first-order chi connectivity index (χ1) is 16.7. The molecule has 3 aromatic rings. The van der Waals surface area contributed by atoms with E-state index in [-0.39, 0.29) is 11.7 Å². The molecule has 0 aliphatic carbocycles. The van der Waals surface area contributed by atoms with E-state index in [0.29, 0.717) is 35.8 Å². The number of hydrogen-bond acceptors (Lipinski definition) is 6. The molecule has 0 saturated heterocycles. The van der Waals surface area contributed by atoms with E-state index in [1.165, 1.54) is 0 Å². The normalized spacial score (nSPS) is 14.5. The second kappa shape index (κ2) is 10.1. The van der Waals surface area contributed by atoms with Crippen LogP contribution in [0.25, 0.3) is 11.1 Å². The number of primary sulfonamides is 1. The van der Waals surface area contributed by atoms with Crippen molar-refractivity contribution in [3.63, 3.8) is 0 Å². The average Bonchev–Trinajstić information content (AvgIpc) is 2.84. The van der Waals surface area contributed by atoms with Gasteiger partial charge in [0.25, 0.3) is 5.91 Å². The molecule has 1 unspecified atom stereocenters. The summed E-state index contributed by atoms with van der Waals surface area (Å²) in [4.78, 5) is 14.6. The number of ether oxygens (including phenoxy) is 3. The standard InChI is InChI=1S/C26H28N2O6S/c1-28(12-13-32-2)26(29)19-7-4-6-18(15-19)25-21-14-17(16-35(27,30)31)10-11-20(21)24-22(33-3)8-5-9-23(24)34-25/h4-11,14-15,25H,12-13,16H2,1-3H3,(H2,27,30,31). The maximum Gasteiger partial charge on any atom is 0.253 e. The summed E-state index contributed by atoms with van der Waals surface area (Å²) in [5, 5.41) is 5.30. The van der Waals surface area contributed by atoms with Gasteiger partial charge in [-0.15, -0.1) is 0 Å². The number of likely N-dealkylation sites (N-methyl/N-ethyl adjacent to an activating group) is 1. The van der Waals surface area contributed by atoms with Gasteiger partial charge in [0.2, 0.25) is 10.0 Å². The largest absolute Gasteiger partial charge is 0.496 e. The van der Waals surface area contributed by atoms with Crippen LogP contribution in [-0.4, -0.2) is 53.6 Å². The molecule has 0 aromatic heterocycles. The highest BCUT2D eigenvalue weighted by molar-refractivity contribution is 7.88. The van der Waals surface area contributed by atoms with Gasteiger partial charge in [-0.05, 0) is 41.0 Å². The van der Waals surface area contributed by atoms with Gasteiger partial charge >= 0.3 is 0 Å². The van der Waals surface area contributed by atoms with E-state index in [2.05, 4.69) is 0 Å². The number of amides is 1. The molecule has 8 nitrogen and oxygen atoms in total. The fourth-order valence-corrected chi connectivity index (χ4v) is 4.89. The number of nitrogens with two attached hydrogens (primary N) is 1. The summed E-state index contributed by atoms with van der Waals surface area (Å²) in [5.41, 5.74) is 4.24. The molecule has 1 aliphatic rings. The summed E-state index contributed by atoms with van der Waals surface area (Å²) >= 11 is 0. The van der Waals surface area contributed by atoms with Crippen LogP contribution in [0.5, 0.6) is 11.5 Å². The molecule has 4 rings (SSSR count). The van der Waals surface area contributed by atoms with Gasteiger partial charge in [-0.1, -0.05) is 36.4 Å². The minimum Gasteiger partial charge on any atom is -0.496 e. The molecule has 2 N–H and O–H groups in total. The lowest BCUT2D eigenvalue weighted by Crippen LogP contribution is -2.30. The maximum atomic E-state index is 13.0. The van der Waals surface area contributed by atoms with Crippen molar-refractivity contribution in [1.29, 1.82) is 0 Å². The smallest absolute Gasteiger partial charge is 0.253 e. The third kappa shape index (κ3) is 5.32. The summed E-state index contributed by atoms with van der Waals surface area (Å²) in [6.07, 6.45) is -0.568. The number of benzene rings is 3. The molecular weight excluding hydrogens is 468 g/mol. The first kappa shape index (κ1) is 24.7. The van der Waals surface area contributed by atoms with E-state index in [1.54, 1.807) is 50.4 Å². The van der Waals surface area contributed by atoms with Crippen molar-refractivity contribution >= 4 is 15.9 Å². The highest BCUT2D eigenvalue weighted by Gasteiger charge is 2.30. The lowest BCUT2D eigenvalue weighted by atomic mass is 9.87. The van der Waals surface area contributed by atoms with E-state index >= 15 is 0 Å². The fraction of sp³-hybridized carbons (Fsp3) is 0.269. The van der Waals surface area contributed by atoms with Crippen molar-refractivity contribution in [2.45, 2.75) is 11.9 Å². The van der Waals surface area contributed by atoms with Crippen LogP contribution < -0.4 is 14.6 Å². The lowest BCUT2D eigenvalue weighted by Gasteiger charge is -2.31.